The van der Waals surface area contributed by atoms with Crippen LogP contribution in [-0.4, -0.2) is 27.7 Å². The van der Waals surface area contributed by atoms with Gasteiger partial charge < -0.3 is 9.72 Å². The number of carbonyl (C=O) groups excluding carboxylic acids is 1. The van der Waals surface area contributed by atoms with Crippen LogP contribution in [0.2, 0.25) is 0 Å². The smallest absolute Gasteiger partial charge is 0.259 e. The zero-order chi connectivity index (χ0) is 18.0. The average molecular weight is 401 g/mol. The van der Waals surface area contributed by atoms with Gasteiger partial charge in [-0.1, -0.05) is 28.1 Å². The summed E-state index contributed by atoms with van der Waals surface area (Å²) >= 11 is 3.18. The van der Waals surface area contributed by atoms with E-state index in [0.717, 1.165) is 5.56 Å². The summed E-state index contributed by atoms with van der Waals surface area (Å²) in [5, 5.41) is 0.760. The Morgan fingerprint density at radius 1 is 1.28 bits per heavy atom. The van der Waals surface area contributed by atoms with Crippen LogP contribution in [0.5, 0.6) is 5.75 Å². The summed E-state index contributed by atoms with van der Waals surface area (Å²) in [6.07, 6.45) is 0. The van der Waals surface area contributed by atoms with Crippen molar-refractivity contribution in [2.75, 3.05) is 11.9 Å². The second kappa shape index (κ2) is 7.19. The molecule has 0 aliphatic heterocycles. The van der Waals surface area contributed by atoms with Gasteiger partial charge in [0.2, 0.25) is 0 Å². The molecule has 0 aliphatic rings. The average Bonchev–Trinajstić information content (AvgIpc) is 2.62. The summed E-state index contributed by atoms with van der Waals surface area (Å²) in [5.74, 6) is 0.910. The molecule has 0 radical (unpaired) electrons. The lowest BCUT2D eigenvalue weighted by Gasteiger charge is -2.12. The van der Waals surface area contributed by atoms with Crippen LogP contribution < -0.4 is 10.3 Å². The van der Waals surface area contributed by atoms with Gasteiger partial charge >= 0.3 is 0 Å². The fourth-order valence-corrected chi connectivity index (χ4v) is 3.00. The summed E-state index contributed by atoms with van der Waals surface area (Å²) in [6.45, 7) is 4.25. The Balaban J connectivity index is 2.27. The lowest BCUT2D eigenvalue weighted by Crippen LogP contribution is -2.11. The molecule has 2 aromatic carbocycles. The summed E-state index contributed by atoms with van der Waals surface area (Å²) < 4.78 is 5.66. The molecule has 3 aromatic rings. The van der Waals surface area contributed by atoms with E-state index in [9.17, 15) is 9.59 Å². The minimum Gasteiger partial charge on any atom is -0.493 e. The first-order valence-electron chi connectivity index (χ1n) is 7.91. The molecule has 3 rings (SSSR count). The maximum Gasteiger partial charge on any atom is 0.259 e. The number of carbonyl (C=O) groups is 1. The van der Waals surface area contributed by atoms with E-state index < -0.39 is 0 Å². The first-order chi connectivity index (χ1) is 12.0. The highest BCUT2D eigenvalue weighted by atomic mass is 79.9. The van der Waals surface area contributed by atoms with Gasteiger partial charge in [-0.2, -0.15) is 0 Å². The molecule has 0 saturated carbocycles. The van der Waals surface area contributed by atoms with Crippen molar-refractivity contribution in [1.82, 2.24) is 9.97 Å². The molecule has 0 saturated heterocycles. The quantitative estimate of drug-likeness (QED) is 0.520. The fraction of sp³-hybridized carbons (Fsp3) is 0.211. The Hall–Kier alpha value is -2.47. The van der Waals surface area contributed by atoms with Crippen LogP contribution in [-0.2, 0) is 0 Å². The number of hydrogen-bond donors (Lipinski definition) is 1. The van der Waals surface area contributed by atoms with Crippen molar-refractivity contribution < 1.29 is 9.53 Å². The van der Waals surface area contributed by atoms with Gasteiger partial charge in [0.05, 0.1) is 28.4 Å². The molecule has 1 heterocycles. The molecule has 0 spiro atoms. The number of benzene rings is 2. The van der Waals surface area contributed by atoms with Gasteiger partial charge in [0.15, 0.2) is 5.78 Å². The lowest BCUT2D eigenvalue weighted by molar-refractivity contribution is 0.102. The zero-order valence-electron chi connectivity index (χ0n) is 13.9. The molecular weight excluding hydrogens is 384 g/mol. The van der Waals surface area contributed by atoms with Gasteiger partial charge in [-0.15, -0.1) is 0 Å². The van der Waals surface area contributed by atoms with Crippen molar-refractivity contribution in [3.05, 3.63) is 57.9 Å². The van der Waals surface area contributed by atoms with Crippen LogP contribution in [0.25, 0.3) is 22.3 Å². The highest BCUT2D eigenvalue weighted by Gasteiger charge is 2.15. The Labute approximate surface area is 153 Å². The number of fused-ring (bicyclic) bond motifs is 1. The highest BCUT2D eigenvalue weighted by molar-refractivity contribution is 9.09. The number of rotatable bonds is 5. The molecule has 6 heteroatoms. The number of H-pyrrole nitrogens is 1. The summed E-state index contributed by atoms with van der Waals surface area (Å²) in [5.41, 5.74) is 2.46. The van der Waals surface area contributed by atoms with Gasteiger partial charge in [-0.25, -0.2) is 4.98 Å². The topological polar surface area (TPSA) is 72.0 Å². The van der Waals surface area contributed by atoms with Crippen molar-refractivity contribution in [2.24, 2.45) is 0 Å². The number of nitrogens with one attached hydrogen (secondary N) is 1. The predicted octanol–water partition coefficient (Wildman–Crippen LogP) is 3.87. The number of aromatic nitrogens is 2. The van der Waals surface area contributed by atoms with Gasteiger partial charge in [0, 0.05) is 5.56 Å². The first kappa shape index (κ1) is 17.4. The van der Waals surface area contributed by atoms with Gasteiger partial charge in [-0.05, 0) is 43.7 Å². The Bertz CT molecular complexity index is 1010. The summed E-state index contributed by atoms with van der Waals surface area (Å²) in [7, 11) is 0. The van der Waals surface area contributed by atoms with E-state index in [-0.39, 0.29) is 16.7 Å². The normalized spacial score (nSPS) is 10.8. The number of aromatic amines is 1. The zero-order valence-corrected chi connectivity index (χ0v) is 15.5. The van der Waals surface area contributed by atoms with Crippen molar-refractivity contribution in [3.63, 3.8) is 0 Å². The SMILES string of the molecule is CCOc1ccc(C(=O)CBr)cc1-c1nc2c(C)cccc2c(=O)[nH]1. The van der Waals surface area contributed by atoms with Crippen LogP contribution in [0.4, 0.5) is 0 Å². The molecule has 0 bridgehead atoms. The number of ether oxygens (including phenoxy) is 1. The molecule has 1 aromatic heterocycles. The predicted molar refractivity (Wildman–Crippen MR) is 102 cm³/mol. The lowest BCUT2D eigenvalue weighted by atomic mass is 10.1. The largest absolute Gasteiger partial charge is 0.493 e. The molecule has 25 heavy (non-hydrogen) atoms. The molecule has 1 N–H and O–H groups in total. The van der Waals surface area contributed by atoms with Gasteiger partial charge in [0.25, 0.3) is 5.56 Å². The van der Waals surface area contributed by atoms with E-state index in [1.54, 1.807) is 24.3 Å². The van der Waals surface area contributed by atoms with Crippen LogP contribution in [0.1, 0.15) is 22.8 Å². The molecule has 0 atom stereocenters. The summed E-state index contributed by atoms with van der Waals surface area (Å²) in [4.78, 5) is 31.9. The number of aryl methyl sites for hydroxylation is 1. The van der Waals surface area contributed by atoms with Crippen LogP contribution in [0.15, 0.2) is 41.2 Å². The third kappa shape index (κ3) is 3.35. The number of Topliss-reactive ketones (excluding diaryl/α,β-unsaturated/α-hetero) is 1. The number of para-hydroxylation sites is 1. The number of halogens is 1. The summed E-state index contributed by atoms with van der Waals surface area (Å²) in [6, 6.07) is 10.6. The molecular formula is C19H17BrN2O3. The Kier molecular flexibility index (Phi) is 4.99. The third-order valence-corrected chi connectivity index (χ3v) is 4.43. The second-order valence-electron chi connectivity index (χ2n) is 5.59. The van der Waals surface area contributed by atoms with Gasteiger partial charge in [0.1, 0.15) is 11.6 Å². The maximum absolute atomic E-state index is 12.5. The van der Waals surface area contributed by atoms with Crippen LogP contribution >= 0.6 is 15.9 Å². The molecule has 0 unspecified atom stereocenters. The molecule has 5 nitrogen and oxygen atoms in total. The Morgan fingerprint density at radius 3 is 2.80 bits per heavy atom. The van der Waals surface area contributed by atoms with Crippen molar-refractivity contribution >= 4 is 32.6 Å². The van der Waals surface area contributed by atoms with E-state index in [4.69, 9.17) is 4.74 Å². The van der Waals surface area contributed by atoms with E-state index in [0.29, 0.717) is 40.2 Å². The standard InChI is InChI=1S/C19H17BrN2O3/c1-3-25-16-8-7-12(15(23)10-20)9-14(16)18-21-17-11(2)5-4-6-13(17)19(24)22-18/h4-9H,3,10H2,1-2H3,(H,21,22,24). The van der Waals surface area contributed by atoms with E-state index >= 15 is 0 Å². The molecule has 0 fully saturated rings. The van der Waals surface area contributed by atoms with Crippen molar-refractivity contribution in [2.45, 2.75) is 13.8 Å². The second-order valence-corrected chi connectivity index (χ2v) is 6.15. The van der Waals surface area contributed by atoms with Crippen LogP contribution in [0.3, 0.4) is 0 Å². The minimum atomic E-state index is -0.219. The fourth-order valence-electron chi connectivity index (χ4n) is 2.68. The highest BCUT2D eigenvalue weighted by Crippen LogP contribution is 2.30. The van der Waals surface area contributed by atoms with E-state index in [2.05, 4.69) is 25.9 Å². The first-order valence-corrected chi connectivity index (χ1v) is 9.03. The van der Waals surface area contributed by atoms with Crippen molar-refractivity contribution in [1.29, 1.82) is 0 Å². The van der Waals surface area contributed by atoms with Crippen molar-refractivity contribution in [3.8, 4) is 17.1 Å². The van der Waals surface area contributed by atoms with E-state index in [1.165, 1.54) is 0 Å². The van der Waals surface area contributed by atoms with E-state index in [1.807, 2.05) is 26.0 Å². The number of hydrogen-bond acceptors (Lipinski definition) is 4. The van der Waals surface area contributed by atoms with Gasteiger partial charge in [-0.3, -0.25) is 9.59 Å². The molecule has 0 amide bonds. The number of alkyl halides is 1. The molecule has 128 valence electrons. The van der Waals surface area contributed by atoms with Crippen LogP contribution in [0, 0.1) is 6.92 Å². The number of nitrogens with zero attached hydrogens (tertiary/aromatic N) is 1. The third-order valence-electron chi connectivity index (χ3n) is 3.92. The Morgan fingerprint density at radius 2 is 2.08 bits per heavy atom. The maximum atomic E-state index is 12.5. The minimum absolute atomic E-state index is 0.0522. The molecule has 0 aliphatic carbocycles. The number of ketones is 1. The monoisotopic (exact) mass is 400 g/mol.